The van der Waals surface area contributed by atoms with Gasteiger partial charge in [-0.15, -0.1) is 0 Å². The van der Waals surface area contributed by atoms with Gasteiger partial charge in [-0.25, -0.2) is 8.78 Å². The minimum Gasteiger partial charge on any atom is -0.374 e. The normalized spacial score (nSPS) is 10.3. The van der Waals surface area contributed by atoms with E-state index in [1.807, 2.05) is 6.07 Å². The standard InChI is InChI=1S/C14H10Br2F2N2O/c15-8-3-1-2-4-12(8)20-14(21)7-19-13-5-9(16)10(17)6-11(13)18/h1-6,19H,7H2,(H,20,21). The number of amides is 1. The van der Waals surface area contributed by atoms with Crippen molar-refractivity contribution in [1.29, 1.82) is 0 Å². The van der Waals surface area contributed by atoms with Crippen LogP contribution < -0.4 is 10.6 Å². The maximum Gasteiger partial charge on any atom is 0.243 e. The number of halogens is 4. The summed E-state index contributed by atoms with van der Waals surface area (Å²) in [6.45, 7) is -0.143. The summed E-state index contributed by atoms with van der Waals surface area (Å²) in [5.74, 6) is -1.80. The third-order valence-corrected chi connectivity index (χ3v) is 3.90. The van der Waals surface area contributed by atoms with E-state index in [-0.39, 0.29) is 22.6 Å². The van der Waals surface area contributed by atoms with Crippen molar-refractivity contribution < 1.29 is 13.6 Å². The molecule has 0 aliphatic rings. The van der Waals surface area contributed by atoms with Crippen LogP contribution in [0.2, 0.25) is 0 Å². The molecule has 1 amide bonds. The van der Waals surface area contributed by atoms with Gasteiger partial charge in [0, 0.05) is 10.5 Å². The number of nitrogens with one attached hydrogen (secondary N) is 2. The molecule has 2 aromatic rings. The molecule has 0 aliphatic carbocycles. The number of hydrogen-bond donors (Lipinski definition) is 2. The van der Waals surface area contributed by atoms with Gasteiger partial charge in [0.15, 0.2) is 0 Å². The summed E-state index contributed by atoms with van der Waals surface area (Å²) in [4.78, 5) is 11.8. The molecule has 0 aromatic heterocycles. The van der Waals surface area contributed by atoms with Crippen LogP contribution in [0, 0.1) is 11.6 Å². The fourth-order valence-corrected chi connectivity index (χ4v) is 2.32. The Hall–Kier alpha value is -1.47. The van der Waals surface area contributed by atoms with E-state index in [0.29, 0.717) is 5.69 Å². The monoisotopic (exact) mass is 418 g/mol. The highest BCUT2D eigenvalue weighted by Crippen LogP contribution is 2.24. The van der Waals surface area contributed by atoms with Gasteiger partial charge in [0.2, 0.25) is 5.91 Å². The van der Waals surface area contributed by atoms with Gasteiger partial charge in [0.25, 0.3) is 0 Å². The molecule has 110 valence electrons. The van der Waals surface area contributed by atoms with E-state index in [9.17, 15) is 13.6 Å². The number of hydrogen-bond acceptors (Lipinski definition) is 2. The SMILES string of the molecule is O=C(CNc1cc(Br)c(F)cc1F)Nc1ccccc1Br. The van der Waals surface area contributed by atoms with Crippen LogP contribution in [-0.4, -0.2) is 12.5 Å². The molecule has 0 bridgehead atoms. The highest BCUT2D eigenvalue weighted by molar-refractivity contribution is 9.10. The predicted octanol–water partition coefficient (Wildman–Crippen LogP) is 4.54. The molecule has 0 spiro atoms. The first-order valence-corrected chi connectivity index (χ1v) is 7.49. The lowest BCUT2D eigenvalue weighted by Crippen LogP contribution is -2.22. The van der Waals surface area contributed by atoms with Gasteiger partial charge in [-0.05, 0) is 50.1 Å². The minimum atomic E-state index is -0.760. The highest BCUT2D eigenvalue weighted by Gasteiger charge is 2.10. The molecule has 0 atom stereocenters. The molecule has 21 heavy (non-hydrogen) atoms. The van der Waals surface area contributed by atoms with Crippen LogP contribution in [0.4, 0.5) is 20.2 Å². The summed E-state index contributed by atoms with van der Waals surface area (Å²) >= 11 is 6.27. The third kappa shape index (κ3) is 4.25. The molecular formula is C14H10Br2F2N2O. The van der Waals surface area contributed by atoms with Crippen LogP contribution >= 0.6 is 31.9 Å². The van der Waals surface area contributed by atoms with E-state index in [1.54, 1.807) is 18.2 Å². The Morgan fingerprint density at radius 2 is 1.71 bits per heavy atom. The molecule has 7 heteroatoms. The van der Waals surface area contributed by atoms with Gasteiger partial charge in [0.1, 0.15) is 11.6 Å². The van der Waals surface area contributed by atoms with Crippen molar-refractivity contribution in [2.45, 2.75) is 0 Å². The molecule has 2 aromatic carbocycles. The average molecular weight is 420 g/mol. The fourth-order valence-electron chi connectivity index (χ4n) is 1.59. The Labute approximate surface area is 137 Å². The molecule has 0 heterocycles. The van der Waals surface area contributed by atoms with Gasteiger partial charge >= 0.3 is 0 Å². The zero-order chi connectivity index (χ0) is 15.4. The number of para-hydroxylation sites is 1. The predicted molar refractivity (Wildman–Crippen MR) is 85.3 cm³/mol. The lowest BCUT2D eigenvalue weighted by molar-refractivity contribution is -0.114. The van der Waals surface area contributed by atoms with Crippen molar-refractivity contribution in [3.63, 3.8) is 0 Å². The molecule has 0 radical (unpaired) electrons. The van der Waals surface area contributed by atoms with Crippen molar-refractivity contribution in [3.05, 3.63) is 57.0 Å². The van der Waals surface area contributed by atoms with Crippen molar-refractivity contribution in [3.8, 4) is 0 Å². The van der Waals surface area contributed by atoms with Gasteiger partial charge in [-0.2, -0.15) is 0 Å². The zero-order valence-electron chi connectivity index (χ0n) is 10.6. The number of rotatable bonds is 4. The molecule has 2 rings (SSSR count). The first-order valence-electron chi connectivity index (χ1n) is 5.90. The van der Waals surface area contributed by atoms with Crippen molar-refractivity contribution in [2.75, 3.05) is 17.2 Å². The van der Waals surface area contributed by atoms with Crippen LogP contribution in [0.25, 0.3) is 0 Å². The Morgan fingerprint density at radius 3 is 2.43 bits per heavy atom. The quantitative estimate of drug-likeness (QED) is 0.714. The van der Waals surface area contributed by atoms with Gasteiger partial charge in [-0.3, -0.25) is 4.79 Å². The zero-order valence-corrected chi connectivity index (χ0v) is 13.8. The molecule has 0 unspecified atom stereocenters. The molecule has 3 nitrogen and oxygen atoms in total. The average Bonchev–Trinajstić information content (AvgIpc) is 2.44. The van der Waals surface area contributed by atoms with Crippen LogP contribution in [0.5, 0.6) is 0 Å². The Kier molecular flexibility index (Phi) is 5.30. The van der Waals surface area contributed by atoms with E-state index in [1.165, 1.54) is 6.07 Å². The first-order chi connectivity index (χ1) is 9.97. The molecule has 2 N–H and O–H groups in total. The highest BCUT2D eigenvalue weighted by atomic mass is 79.9. The first kappa shape index (κ1) is 15.9. The summed E-state index contributed by atoms with van der Waals surface area (Å²) in [6.07, 6.45) is 0. The van der Waals surface area contributed by atoms with E-state index >= 15 is 0 Å². The third-order valence-electron chi connectivity index (χ3n) is 2.60. The summed E-state index contributed by atoms with van der Waals surface area (Å²) < 4.78 is 27.5. The summed E-state index contributed by atoms with van der Waals surface area (Å²) in [6, 6.07) is 9.12. The molecule has 0 aliphatic heterocycles. The van der Waals surface area contributed by atoms with Crippen molar-refractivity contribution in [1.82, 2.24) is 0 Å². The summed E-state index contributed by atoms with van der Waals surface area (Å²) in [7, 11) is 0. The fraction of sp³-hybridized carbons (Fsp3) is 0.0714. The van der Waals surface area contributed by atoms with Crippen molar-refractivity contribution in [2.24, 2.45) is 0 Å². The van der Waals surface area contributed by atoms with E-state index < -0.39 is 11.6 Å². The van der Waals surface area contributed by atoms with Crippen LogP contribution in [0.15, 0.2) is 45.3 Å². The van der Waals surface area contributed by atoms with E-state index in [2.05, 4.69) is 42.5 Å². The van der Waals surface area contributed by atoms with Gasteiger partial charge in [0.05, 0.1) is 22.4 Å². The summed E-state index contributed by atoms with van der Waals surface area (Å²) in [5, 5.41) is 5.29. The lowest BCUT2D eigenvalue weighted by atomic mass is 10.3. The molecular weight excluding hydrogens is 410 g/mol. The second kappa shape index (κ2) is 7.00. The van der Waals surface area contributed by atoms with E-state index in [4.69, 9.17) is 0 Å². The van der Waals surface area contributed by atoms with Crippen LogP contribution in [-0.2, 0) is 4.79 Å². The topological polar surface area (TPSA) is 41.1 Å². The minimum absolute atomic E-state index is 0.0468. The van der Waals surface area contributed by atoms with Crippen LogP contribution in [0.1, 0.15) is 0 Å². The largest absolute Gasteiger partial charge is 0.374 e. The maximum atomic E-state index is 13.5. The van der Waals surface area contributed by atoms with Gasteiger partial charge < -0.3 is 10.6 Å². The molecule has 0 saturated heterocycles. The smallest absolute Gasteiger partial charge is 0.243 e. The number of carbonyl (C=O) groups excluding carboxylic acids is 1. The second-order valence-corrected chi connectivity index (χ2v) is 5.84. The number of benzene rings is 2. The molecule has 0 saturated carbocycles. The summed E-state index contributed by atoms with van der Waals surface area (Å²) in [5.41, 5.74) is 0.663. The van der Waals surface area contributed by atoms with Gasteiger partial charge in [-0.1, -0.05) is 12.1 Å². The number of carbonyl (C=O) groups is 1. The molecule has 0 fully saturated rings. The Bertz CT molecular complexity index is 680. The Balaban J connectivity index is 1.99. The van der Waals surface area contributed by atoms with Crippen molar-refractivity contribution >= 4 is 49.1 Å². The van der Waals surface area contributed by atoms with E-state index in [0.717, 1.165) is 10.5 Å². The number of anilines is 2. The maximum absolute atomic E-state index is 13.5. The van der Waals surface area contributed by atoms with Crippen LogP contribution in [0.3, 0.4) is 0 Å². The Morgan fingerprint density at radius 1 is 1.00 bits per heavy atom. The second-order valence-electron chi connectivity index (χ2n) is 4.13. The lowest BCUT2D eigenvalue weighted by Gasteiger charge is -2.10.